The lowest BCUT2D eigenvalue weighted by atomic mass is 10.1. The Balaban J connectivity index is 1.12. The van der Waals surface area contributed by atoms with E-state index in [9.17, 15) is 8.42 Å². The summed E-state index contributed by atoms with van der Waals surface area (Å²) < 4.78 is 33.0. The topological polar surface area (TPSA) is 91.3 Å². The highest BCUT2D eigenvalue weighted by Crippen LogP contribution is 2.21. The number of pyridine rings is 1. The zero-order chi connectivity index (χ0) is 23.4. The molecule has 1 aliphatic rings. The van der Waals surface area contributed by atoms with E-state index in [1.54, 1.807) is 24.4 Å². The molecule has 1 fully saturated rings. The largest absolute Gasteiger partial charge is 0.344 e. The minimum Gasteiger partial charge on any atom is -0.344 e. The minimum atomic E-state index is -3.63. The average molecular weight is 495 g/mol. The third-order valence-corrected chi connectivity index (χ3v) is 8.22. The molecular formula is C24H26N6O2S2. The molecule has 0 radical (unpaired) electrons. The van der Waals surface area contributed by atoms with Gasteiger partial charge in [-0.1, -0.05) is 48.5 Å². The number of rotatable bonds is 8. The Bertz CT molecular complexity index is 1350. The maximum absolute atomic E-state index is 12.9. The van der Waals surface area contributed by atoms with Gasteiger partial charge >= 0.3 is 0 Å². The molecule has 2 aromatic heterocycles. The van der Waals surface area contributed by atoms with Crippen molar-refractivity contribution in [2.24, 2.45) is 0 Å². The Morgan fingerprint density at radius 1 is 0.941 bits per heavy atom. The summed E-state index contributed by atoms with van der Waals surface area (Å²) in [6.07, 6.45) is 2.35. The maximum atomic E-state index is 12.9. The number of nitrogens with zero attached hydrogens (tertiary/aromatic N) is 5. The van der Waals surface area contributed by atoms with Crippen molar-refractivity contribution in [2.75, 3.05) is 44.2 Å². The molecular weight excluding hydrogens is 468 g/mol. The Kier molecular flexibility index (Phi) is 6.82. The molecule has 0 atom stereocenters. The number of piperazine rings is 1. The first kappa shape index (κ1) is 22.9. The number of aromatic nitrogens is 3. The minimum absolute atomic E-state index is 0.220. The number of hydrogen-bond donors (Lipinski definition) is 1. The predicted molar refractivity (Wildman–Crippen MR) is 135 cm³/mol. The van der Waals surface area contributed by atoms with Crippen LogP contribution in [0.3, 0.4) is 0 Å². The van der Waals surface area contributed by atoms with Gasteiger partial charge in [-0.15, -0.1) is 0 Å². The predicted octanol–water partition coefficient (Wildman–Crippen LogP) is 2.78. The monoisotopic (exact) mass is 494 g/mol. The van der Waals surface area contributed by atoms with Crippen molar-refractivity contribution < 1.29 is 8.42 Å². The molecule has 176 valence electrons. The molecule has 8 nitrogen and oxygen atoms in total. The smallest absolute Gasteiger partial charge is 0.242 e. The van der Waals surface area contributed by atoms with E-state index in [-0.39, 0.29) is 4.90 Å². The number of anilines is 1. The summed E-state index contributed by atoms with van der Waals surface area (Å²) in [5.74, 6) is 0.853. The van der Waals surface area contributed by atoms with Gasteiger partial charge in [-0.25, -0.2) is 18.1 Å². The van der Waals surface area contributed by atoms with Crippen LogP contribution in [0.5, 0.6) is 0 Å². The molecule has 10 heteroatoms. The van der Waals surface area contributed by atoms with E-state index in [4.69, 9.17) is 4.98 Å². The van der Waals surface area contributed by atoms with E-state index < -0.39 is 10.0 Å². The second kappa shape index (κ2) is 10.1. The molecule has 1 saturated heterocycles. The third-order valence-electron chi connectivity index (χ3n) is 5.91. The lowest BCUT2D eigenvalue weighted by Crippen LogP contribution is -2.48. The summed E-state index contributed by atoms with van der Waals surface area (Å²) in [4.78, 5) is 13.7. The summed E-state index contributed by atoms with van der Waals surface area (Å²) in [5, 5.41) is 1.76. The number of nitrogens with one attached hydrogen (secondary N) is 1. The van der Waals surface area contributed by atoms with E-state index >= 15 is 0 Å². The van der Waals surface area contributed by atoms with E-state index in [2.05, 4.69) is 36.0 Å². The number of benzene rings is 2. The van der Waals surface area contributed by atoms with Gasteiger partial charge in [-0.3, -0.25) is 9.88 Å². The SMILES string of the molecule is O=S(=O)(NCCN1CCN(c2nc(Cc3ccccc3)ns2)CC1)c1cccc2cccnc12. The van der Waals surface area contributed by atoms with Crippen molar-refractivity contribution >= 4 is 37.6 Å². The maximum Gasteiger partial charge on any atom is 0.242 e. The van der Waals surface area contributed by atoms with Crippen LogP contribution >= 0.6 is 11.5 Å². The summed E-state index contributed by atoms with van der Waals surface area (Å²) in [5.41, 5.74) is 1.70. The van der Waals surface area contributed by atoms with Crippen molar-refractivity contribution in [1.29, 1.82) is 0 Å². The molecule has 0 aliphatic carbocycles. The number of para-hydroxylation sites is 1. The molecule has 4 aromatic rings. The molecule has 1 aliphatic heterocycles. The van der Waals surface area contributed by atoms with Gasteiger partial charge in [0, 0.05) is 68.8 Å². The highest BCUT2D eigenvalue weighted by Gasteiger charge is 2.22. The highest BCUT2D eigenvalue weighted by molar-refractivity contribution is 7.89. The lowest BCUT2D eigenvalue weighted by Gasteiger charge is -2.34. The number of sulfonamides is 1. The molecule has 3 heterocycles. The number of fused-ring (bicyclic) bond motifs is 1. The van der Waals surface area contributed by atoms with Gasteiger partial charge in [0.05, 0.1) is 5.52 Å². The standard InChI is InChI=1S/C24H26N6O2S2/c31-34(32,21-10-4-8-20-9-5-11-25-23(20)21)26-12-13-29-14-16-30(17-15-29)24-27-22(28-33-24)18-19-6-2-1-3-7-19/h1-11,26H,12-18H2. The van der Waals surface area contributed by atoms with Gasteiger partial charge in [0.25, 0.3) is 0 Å². The van der Waals surface area contributed by atoms with Gasteiger partial charge in [0.1, 0.15) is 10.7 Å². The lowest BCUT2D eigenvalue weighted by molar-refractivity contribution is 0.262. The van der Waals surface area contributed by atoms with Crippen LogP contribution in [-0.2, 0) is 16.4 Å². The fraction of sp³-hybridized carbons (Fsp3) is 0.292. The average Bonchev–Trinajstić information content (AvgIpc) is 3.33. The second-order valence-corrected chi connectivity index (χ2v) is 10.7. The fourth-order valence-corrected chi connectivity index (χ4v) is 6.03. The van der Waals surface area contributed by atoms with Crippen LogP contribution in [0.4, 0.5) is 5.13 Å². The van der Waals surface area contributed by atoms with Crippen molar-refractivity contribution in [3.8, 4) is 0 Å². The molecule has 0 bridgehead atoms. The van der Waals surface area contributed by atoms with Crippen LogP contribution in [-0.4, -0.2) is 66.9 Å². The van der Waals surface area contributed by atoms with Crippen molar-refractivity contribution in [1.82, 2.24) is 24.0 Å². The van der Waals surface area contributed by atoms with Gasteiger partial charge in [-0.05, 0) is 17.7 Å². The van der Waals surface area contributed by atoms with Crippen LogP contribution in [0.15, 0.2) is 71.8 Å². The molecule has 2 aromatic carbocycles. The molecule has 0 unspecified atom stereocenters. The Morgan fingerprint density at radius 2 is 1.74 bits per heavy atom. The van der Waals surface area contributed by atoms with Crippen LogP contribution in [0.1, 0.15) is 11.4 Å². The first-order valence-electron chi connectivity index (χ1n) is 11.3. The van der Waals surface area contributed by atoms with E-state index in [0.717, 1.165) is 48.9 Å². The zero-order valence-corrected chi connectivity index (χ0v) is 20.3. The summed E-state index contributed by atoms with van der Waals surface area (Å²) >= 11 is 1.44. The van der Waals surface area contributed by atoms with E-state index in [1.165, 1.54) is 17.1 Å². The summed E-state index contributed by atoms with van der Waals surface area (Å²) in [6.45, 7) is 4.41. The molecule has 0 saturated carbocycles. The molecule has 0 spiro atoms. The van der Waals surface area contributed by atoms with Crippen molar-refractivity contribution in [3.05, 3.63) is 78.2 Å². The summed E-state index contributed by atoms with van der Waals surface area (Å²) in [6, 6.07) is 19.1. The van der Waals surface area contributed by atoms with E-state index in [1.807, 2.05) is 30.3 Å². The molecule has 34 heavy (non-hydrogen) atoms. The van der Waals surface area contributed by atoms with Crippen LogP contribution < -0.4 is 9.62 Å². The first-order valence-corrected chi connectivity index (χ1v) is 13.5. The molecule has 1 N–H and O–H groups in total. The molecule has 0 amide bonds. The Labute approximate surface area is 203 Å². The number of hydrogen-bond acceptors (Lipinski definition) is 8. The Hall–Kier alpha value is -2.92. The van der Waals surface area contributed by atoms with Gasteiger partial charge in [0.15, 0.2) is 0 Å². The van der Waals surface area contributed by atoms with Gasteiger partial charge in [-0.2, -0.15) is 4.37 Å². The van der Waals surface area contributed by atoms with Crippen molar-refractivity contribution in [2.45, 2.75) is 11.3 Å². The van der Waals surface area contributed by atoms with Gasteiger partial charge in [0.2, 0.25) is 15.2 Å². The zero-order valence-electron chi connectivity index (χ0n) is 18.7. The summed E-state index contributed by atoms with van der Waals surface area (Å²) in [7, 11) is -3.63. The van der Waals surface area contributed by atoms with Crippen LogP contribution in [0.2, 0.25) is 0 Å². The first-order chi connectivity index (χ1) is 16.6. The quantitative estimate of drug-likeness (QED) is 0.403. The fourth-order valence-electron chi connectivity index (χ4n) is 4.10. The Morgan fingerprint density at radius 3 is 2.56 bits per heavy atom. The second-order valence-electron chi connectivity index (χ2n) is 8.21. The highest BCUT2D eigenvalue weighted by atomic mass is 32.2. The van der Waals surface area contributed by atoms with Crippen molar-refractivity contribution in [3.63, 3.8) is 0 Å². The molecule has 5 rings (SSSR count). The van der Waals surface area contributed by atoms with Crippen LogP contribution in [0, 0.1) is 0 Å². The van der Waals surface area contributed by atoms with E-state index in [0.29, 0.717) is 18.6 Å². The third kappa shape index (κ3) is 5.25. The van der Waals surface area contributed by atoms with Gasteiger partial charge < -0.3 is 4.90 Å². The normalized spacial score (nSPS) is 15.1. The van der Waals surface area contributed by atoms with Crippen LogP contribution in [0.25, 0.3) is 10.9 Å².